The Bertz CT molecular complexity index is 873. The fraction of sp³-hybridized carbons (Fsp3) is 0.500. The van der Waals surface area contributed by atoms with Gasteiger partial charge in [-0.2, -0.15) is 5.10 Å². The van der Waals surface area contributed by atoms with Gasteiger partial charge in [0.25, 0.3) is 5.91 Å². The minimum absolute atomic E-state index is 0.0816. The second-order valence-electron chi connectivity index (χ2n) is 7.10. The molecule has 3 heterocycles. The molecule has 1 amide bonds. The molecule has 3 rings (SSSR count). The summed E-state index contributed by atoms with van der Waals surface area (Å²) in [6.45, 7) is 7.47. The van der Waals surface area contributed by atoms with E-state index in [0.29, 0.717) is 31.0 Å². The molecule has 150 valence electrons. The number of carbonyl (C=O) groups excluding carboxylic acids is 2. The lowest BCUT2D eigenvalue weighted by molar-refractivity contribution is 0.0517. The van der Waals surface area contributed by atoms with Crippen molar-refractivity contribution in [1.29, 1.82) is 0 Å². The lowest BCUT2D eigenvalue weighted by Crippen LogP contribution is -2.40. The molecule has 1 aliphatic heterocycles. The minimum Gasteiger partial charge on any atom is -0.461 e. The molecule has 0 fully saturated rings. The van der Waals surface area contributed by atoms with Crippen LogP contribution in [0.1, 0.15) is 52.9 Å². The average Bonchev–Trinajstić information content (AvgIpc) is 3.04. The fourth-order valence-corrected chi connectivity index (χ4v) is 3.52. The van der Waals surface area contributed by atoms with Gasteiger partial charge in [0.15, 0.2) is 5.69 Å². The van der Waals surface area contributed by atoms with Crippen LogP contribution >= 0.6 is 0 Å². The average molecular weight is 385 g/mol. The first-order chi connectivity index (χ1) is 13.4. The Balaban J connectivity index is 1.92. The van der Waals surface area contributed by atoms with Gasteiger partial charge >= 0.3 is 5.97 Å². The number of hydrogen-bond acceptors (Lipinski definition) is 6. The third-order valence-electron chi connectivity index (χ3n) is 4.98. The van der Waals surface area contributed by atoms with Gasteiger partial charge < -0.3 is 14.5 Å². The first-order valence-electron chi connectivity index (χ1n) is 9.57. The van der Waals surface area contributed by atoms with Crippen molar-refractivity contribution < 1.29 is 14.3 Å². The fourth-order valence-electron chi connectivity index (χ4n) is 3.52. The van der Waals surface area contributed by atoms with E-state index in [4.69, 9.17) is 4.74 Å². The van der Waals surface area contributed by atoms with Crippen LogP contribution in [-0.4, -0.2) is 58.3 Å². The predicted octanol–water partition coefficient (Wildman–Crippen LogP) is 2.13. The van der Waals surface area contributed by atoms with Gasteiger partial charge in [0.2, 0.25) is 0 Å². The van der Waals surface area contributed by atoms with Crippen molar-refractivity contribution in [2.75, 3.05) is 25.6 Å². The number of anilines is 1. The SMILES string of the molecule is CCOC(=O)c1nn(CC)c2c1CN(c1ccc(C(=O)N(C)C)cn1)[C@H](C)C2. The van der Waals surface area contributed by atoms with Crippen LogP contribution in [0.15, 0.2) is 18.3 Å². The van der Waals surface area contributed by atoms with E-state index in [1.807, 2.05) is 17.7 Å². The summed E-state index contributed by atoms with van der Waals surface area (Å²) in [6, 6.07) is 3.83. The van der Waals surface area contributed by atoms with E-state index in [-0.39, 0.29) is 17.9 Å². The van der Waals surface area contributed by atoms with E-state index >= 15 is 0 Å². The summed E-state index contributed by atoms with van der Waals surface area (Å²) in [5, 5.41) is 4.49. The van der Waals surface area contributed by atoms with Gasteiger partial charge in [-0.15, -0.1) is 0 Å². The highest BCUT2D eigenvalue weighted by atomic mass is 16.5. The Hall–Kier alpha value is -2.90. The van der Waals surface area contributed by atoms with Crippen molar-refractivity contribution in [2.24, 2.45) is 0 Å². The van der Waals surface area contributed by atoms with E-state index in [1.165, 1.54) is 4.90 Å². The zero-order chi connectivity index (χ0) is 20.4. The molecule has 0 saturated heterocycles. The Morgan fingerprint density at radius 3 is 2.61 bits per heavy atom. The molecule has 1 atom stereocenters. The molecule has 8 nitrogen and oxygen atoms in total. The van der Waals surface area contributed by atoms with Crippen LogP contribution < -0.4 is 4.90 Å². The zero-order valence-corrected chi connectivity index (χ0v) is 17.1. The van der Waals surface area contributed by atoms with E-state index in [2.05, 4.69) is 21.9 Å². The molecule has 0 unspecified atom stereocenters. The van der Waals surface area contributed by atoms with Gasteiger partial charge in [-0.25, -0.2) is 9.78 Å². The maximum Gasteiger partial charge on any atom is 0.359 e. The lowest BCUT2D eigenvalue weighted by Gasteiger charge is -2.35. The Labute approximate surface area is 165 Å². The molecule has 1 aliphatic rings. The Morgan fingerprint density at radius 2 is 2.04 bits per heavy atom. The number of nitrogens with zero attached hydrogens (tertiary/aromatic N) is 5. The standard InChI is InChI=1S/C20H27N5O3/c1-6-25-16-10-13(3)24(12-15(16)18(22-25)20(27)28-7-2)17-9-8-14(11-21-17)19(26)23(4)5/h8-9,11,13H,6-7,10,12H2,1-5H3/t13-/m1/s1. The number of fused-ring (bicyclic) bond motifs is 1. The largest absolute Gasteiger partial charge is 0.461 e. The molecule has 28 heavy (non-hydrogen) atoms. The molecular weight excluding hydrogens is 358 g/mol. The predicted molar refractivity (Wildman–Crippen MR) is 105 cm³/mol. The highest BCUT2D eigenvalue weighted by Gasteiger charge is 2.32. The Kier molecular flexibility index (Phi) is 5.67. The van der Waals surface area contributed by atoms with Crippen molar-refractivity contribution in [3.8, 4) is 0 Å². The van der Waals surface area contributed by atoms with Gasteiger partial charge in [0.05, 0.1) is 12.2 Å². The Morgan fingerprint density at radius 1 is 1.29 bits per heavy atom. The number of esters is 1. The molecule has 8 heteroatoms. The second kappa shape index (κ2) is 8.00. The molecule has 0 aliphatic carbocycles. The van der Waals surface area contributed by atoms with Crippen LogP contribution in [0.4, 0.5) is 5.82 Å². The van der Waals surface area contributed by atoms with Crippen LogP contribution in [0.3, 0.4) is 0 Å². The van der Waals surface area contributed by atoms with Gasteiger partial charge in [0.1, 0.15) is 5.82 Å². The summed E-state index contributed by atoms with van der Waals surface area (Å²) in [7, 11) is 3.43. The molecule has 0 bridgehead atoms. The second-order valence-corrected chi connectivity index (χ2v) is 7.10. The zero-order valence-electron chi connectivity index (χ0n) is 17.1. The van der Waals surface area contributed by atoms with Crippen LogP contribution in [-0.2, 0) is 24.2 Å². The minimum atomic E-state index is -0.389. The van der Waals surface area contributed by atoms with Crippen molar-refractivity contribution in [1.82, 2.24) is 19.7 Å². The highest BCUT2D eigenvalue weighted by molar-refractivity contribution is 5.93. The number of carbonyl (C=O) groups is 2. The maximum absolute atomic E-state index is 12.4. The highest BCUT2D eigenvalue weighted by Crippen LogP contribution is 2.30. The van der Waals surface area contributed by atoms with E-state index in [0.717, 1.165) is 23.5 Å². The van der Waals surface area contributed by atoms with Gasteiger partial charge in [0, 0.05) is 57.1 Å². The molecule has 0 spiro atoms. The first-order valence-corrected chi connectivity index (χ1v) is 9.57. The molecule has 0 aromatic carbocycles. The van der Waals surface area contributed by atoms with Crippen molar-refractivity contribution in [3.63, 3.8) is 0 Å². The number of aromatic nitrogens is 3. The van der Waals surface area contributed by atoms with Crippen molar-refractivity contribution in [2.45, 2.75) is 46.3 Å². The topological polar surface area (TPSA) is 80.6 Å². The molecule has 0 N–H and O–H groups in total. The summed E-state index contributed by atoms with van der Waals surface area (Å²) >= 11 is 0. The van der Waals surface area contributed by atoms with Gasteiger partial charge in [-0.3, -0.25) is 9.48 Å². The van der Waals surface area contributed by atoms with E-state index < -0.39 is 0 Å². The number of hydrogen-bond donors (Lipinski definition) is 0. The summed E-state index contributed by atoms with van der Waals surface area (Å²) in [4.78, 5) is 32.6. The number of amides is 1. The third kappa shape index (κ3) is 3.58. The monoisotopic (exact) mass is 385 g/mol. The lowest BCUT2D eigenvalue weighted by atomic mass is 9.99. The third-order valence-corrected chi connectivity index (χ3v) is 4.98. The smallest absolute Gasteiger partial charge is 0.359 e. The van der Waals surface area contributed by atoms with Crippen LogP contribution in [0.2, 0.25) is 0 Å². The van der Waals surface area contributed by atoms with Crippen molar-refractivity contribution >= 4 is 17.7 Å². The molecule has 0 radical (unpaired) electrons. The van der Waals surface area contributed by atoms with E-state index in [1.54, 1.807) is 33.3 Å². The van der Waals surface area contributed by atoms with Crippen LogP contribution in [0.25, 0.3) is 0 Å². The van der Waals surface area contributed by atoms with Crippen molar-refractivity contribution in [3.05, 3.63) is 40.8 Å². The summed E-state index contributed by atoms with van der Waals surface area (Å²) in [5.74, 6) is 0.301. The molecule has 2 aromatic heterocycles. The summed E-state index contributed by atoms with van der Waals surface area (Å²) in [5.41, 5.74) is 2.91. The van der Waals surface area contributed by atoms with E-state index in [9.17, 15) is 9.59 Å². The summed E-state index contributed by atoms with van der Waals surface area (Å²) in [6.07, 6.45) is 2.36. The molecular formula is C20H27N5O3. The van der Waals surface area contributed by atoms with Crippen LogP contribution in [0.5, 0.6) is 0 Å². The first kappa shape index (κ1) is 19.9. The van der Waals surface area contributed by atoms with Gasteiger partial charge in [-0.05, 0) is 32.9 Å². The van der Waals surface area contributed by atoms with Crippen LogP contribution in [0, 0.1) is 0 Å². The van der Waals surface area contributed by atoms with Gasteiger partial charge in [-0.1, -0.05) is 0 Å². The number of rotatable bonds is 5. The molecule has 0 saturated carbocycles. The number of pyridine rings is 1. The molecule has 2 aromatic rings. The number of aryl methyl sites for hydroxylation is 1. The normalized spacial score (nSPS) is 15.9. The maximum atomic E-state index is 12.4. The summed E-state index contributed by atoms with van der Waals surface area (Å²) < 4.78 is 7.08. The number of ether oxygens (including phenoxy) is 1. The quantitative estimate of drug-likeness (QED) is 0.734.